The molecule has 72 valence electrons. The lowest BCUT2D eigenvalue weighted by molar-refractivity contribution is 0.384. The third kappa shape index (κ3) is 2.67. The van der Waals surface area contributed by atoms with E-state index in [1.165, 1.54) is 19.1 Å². The predicted molar refractivity (Wildman–Crippen MR) is 43.3 cm³/mol. The van der Waals surface area contributed by atoms with Gasteiger partial charge in [-0.3, -0.25) is 4.55 Å². The molecule has 13 heavy (non-hydrogen) atoms. The van der Waals surface area contributed by atoms with Crippen molar-refractivity contribution in [2.45, 2.75) is 6.92 Å². The third-order valence-electron chi connectivity index (χ3n) is 1.41. The summed E-state index contributed by atoms with van der Waals surface area (Å²) in [6.45, 7) is 1.34. The summed E-state index contributed by atoms with van der Waals surface area (Å²) in [7, 11) is -4.58. The summed E-state index contributed by atoms with van der Waals surface area (Å²) in [4.78, 5) is 0. The molecule has 1 rings (SSSR count). The molecule has 0 saturated heterocycles. The van der Waals surface area contributed by atoms with Gasteiger partial charge in [-0.05, 0) is 19.1 Å². The quantitative estimate of drug-likeness (QED) is 0.741. The zero-order valence-corrected chi connectivity index (χ0v) is 7.51. The van der Waals surface area contributed by atoms with E-state index < -0.39 is 16.2 Å². The van der Waals surface area contributed by atoms with Crippen LogP contribution in [0, 0.1) is 12.7 Å². The van der Waals surface area contributed by atoms with Crippen LogP contribution in [-0.2, 0) is 10.4 Å². The monoisotopic (exact) mass is 206 g/mol. The maximum Gasteiger partial charge on any atom is 0.446 e. The molecule has 0 heterocycles. The molecule has 0 unspecified atom stereocenters. The molecule has 0 aliphatic heterocycles. The number of halogens is 1. The van der Waals surface area contributed by atoms with E-state index in [0.29, 0.717) is 0 Å². The third-order valence-corrected chi connectivity index (χ3v) is 1.80. The highest BCUT2D eigenvalue weighted by atomic mass is 32.3. The summed E-state index contributed by atoms with van der Waals surface area (Å²) in [5, 5.41) is 0. The summed E-state index contributed by atoms with van der Waals surface area (Å²) in [6.07, 6.45) is 0. The van der Waals surface area contributed by atoms with Gasteiger partial charge < -0.3 is 4.18 Å². The summed E-state index contributed by atoms with van der Waals surface area (Å²) in [5.74, 6) is -0.816. The lowest BCUT2D eigenvalue weighted by Gasteiger charge is -2.04. The van der Waals surface area contributed by atoms with E-state index in [2.05, 4.69) is 4.18 Å². The Kier molecular flexibility index (Phi) is 2.53. The van der Waals surface area contributed by atoms with Crippen LogP contribution in [0.5, 0.6) is 5.75 Å². The smallest absolute Gasteiger partial charge is 0.361 e. The summed E-state index contributed by atoms with van der Waals surface area (Å²) in [5.41, 5.74) is 0.0279. The lowest BCUT2D eigenvalue weighted by atomic mass is 10.2. The van der Waals surface area contributed by atoms with E-state index in [9.17, 15) is 12.8 Å². The second kappa shape index (κ2) is 3.31. The fourth-order valence-electron chi connectivity index (χ4n) is 0.791. The van der Waals surface area contributed by atoms with Crippen molar-refractivity contribution in [2.75, 3.05) is 0 Å². The molecule has 0 aliphatic carbocycles. The van der Waals surface area contributed by atoms with Gasteiger partial charge in [0.2, 0.25) is 0 Å². The molecule has 0 fully saturated rings. The number of hydrogen-bond donors (Lipinski definition) is 1. The van der Waals surface area contributed by atoms with Gasteiger partial charge in [0.05, 0.1) is 0 Å². The first-order chi connectivity index (χ1) is 5.90. The minimum Gasteiger partial charge on any atom is -0.361 e. The Morgan fingerprint density at radius 1 is 1.46 bits per heavy atom. The fraction of sp³-hybridized carbons (Fsp3) is 0.143. The van der Waals surface area contributed by atoms with Crippen molar-refractivity contribution in [2.24, 2.45) is 0 Å². The number of hydrogen-bond acceptors (Lipinski definition) is 3. The van der Waals surface area contributed by atoms with Crippen LogP contribution in [0.15, 0.2) is 18.2 Å². The van der Waals surface area contributed by atoms with Crippen LogP contribution in [0.4, 0.5) is 4.39 Å². The Morgan fingerprint density at radius 3 is 2.62 bits per heavy atom. The SMILES string of the molecule is Cc1c(F)cccc1OS(=O)(=O)O. The molecule has 0 aliphatic rings. The van der Waals surface area contributed by atoms with Gasteiger partial charge in [-0.25, -0.2) is 4.39 Å². The molecule has 0 aromatic heterocycles. The van der Waals surface area contributed by atoms with Crippen molar-refractivity contribution >= 4 is 10.4 Å². The molecule has 1 aromatic carbocycles. The number of rotatable bonds is 2. The summed E-state index contributed by atoms with van der Waals surface area (Å²) < 4.78 is 45.8. The molecular weight excluding hydrogens is 199 g/mol. The van der Waals surface area contributed by atoms with Crippen molar-refractivity contribution in [1.82, 2.24) is 0 Å². The maximum atomic E-state index is 12.8. The van der Waals surface area contributed by atoms with Crippen LogP contribution in [0.2, 0.25) is 0 Å². The molecule has 0 bridgehead atoms. The molecule has 0 amide bonds. The Balaban J connectivity index is 3.10. The average Bonchev–Trinajstić information content (AvgIpc) is 1.96. The van der Waals surface area contributed by atoms with Crippen LogP contribution < -0.4 is 4.18 Å². The summed E-state index contributed by atoms with van der Waals surface area (Å²) >= 11 is 0. The lowest BCUT2D eigenvalue weighted by Crippen LogP contribution is -2.07. The Labute approximate surface area is 74.9 Å². The van der Waals surface area contributed by atoms with Gasteiger partial charge in [0.15, 0.2) is 5.75 Å². The van der Waals surface area contributed by atoms with Crippen LogP contribution >= 0.6 is 0 Å². The minimum absolute atomic E-state index is 0.0279. The van der Waals surface area contributed by atoms with Gasteiger partial charge in [0, 0.05) is 5.56 Å². The zero-order chi connectivity index (χ0) is 10.1. The van der Waals surface area contributed by atoms with Gasteiger partial charge >= 0.3 is 10.4 Å². The van der Waals surface area contributed by atoms with Gasteiger partial charge in [-0.2, -0.15) is 8.42 Å². The van der Waals surface area contributed by atoms with Crippen LogP contribution in [-0.4, -0.2) is 13.0 Å². The predicted octanol–water partition coefficient (Wildman–Crippen LogP) is 1.32. The van der Waals surface area contributed by atoms with Gasteiger partial charge in [-0.1, -0.05) is 6.07 Å². The van der Waals surface area contributed by atoms with E-state index in [4.69, 9.17) is 4.55 Å². The van der Waals surface area contributed by atoms with Gasteiger partial charge in [-0.15, -0.1) is 0 Å². The Morgan fingerprint density at radius 2 is 2.08 bits per heavy atom. The van der Waals surface area contributed by atoms with E-state index in [1.807, 2.05) is 0 Å². The zero-order valence-electron chi connectivity index (χ0n) is 6.69. The maximum absolute atomic E-state index is 12.8. The van der Waals surface area contributed by atoms with Crippen molar-refractivity contribution in [1.29, 1.82) is 0 Å². The molecule has 1 N–H and O–H groups in total. The van der Waals surface area contributed by atoms with Gasteiger partial charge in [0.1, 0.15) is 5.82 Å². The highest BCUT2D eigenvalue weighted by Gasteiger charge is 2.11. The molecule has 0 saturated carbocycles. The van der Waals surface area contributed by atoms with Crippen LogP contribution in [0.3, 0.4) is 0 Å². The molecule has 0 radical (unpaired) electrons. The number of benzene rings is 1. The molecule has 4 nitrogen and oxygen atoms in total. The normalized spacial score (nSPS) is 11.3. The second-order valence-electron chi connectivity index (χ2n) is 2.37. The Bertz CT molecular complexity index is 413. The highest BCUT2D eigenvalue weighted by Crippen LogP contribution is 2.20. The molecule has 0 spiro atoms. The van der Waals surface area contributed by atoms with Crippen molar-refractivity contribution in [3.63, 3.8) is 0 Å². The molecular formula is C7H7FO4S. The van der Waals surface area contributed by atoms with Crippen molar-refractivity contribution in [3.8, 4) is 5.75 Å². The summed E-state index contributed by atoms with van der Waals surface area (Å²) in [6, 6.07) is 3.68. The van der Waals surface area contributed by atoms with E-state index in [-0.39, 0.29) is 11.3 Å². The first-order valence-corrected chi connectivity index (χ1v) is 4.68. The van der Waals surface area contributed by atoms with E-state index >= 15 is 0 Å². The standard InChI is InChI=1S/C7H7FO4S/c1-5-6(8)3-2-4-7(5)12-13(9,10)11/h2-4H,1H3,(H,9,10,11). The molecule has 1 aromatic rings. The van der Waals surface area contributed by atoms with Gasteiger partial charge in [0.25, 0.3) is 0 Å². The average molecular weight is 206 g/mol. The van der Waals surface area contributed by atoms with E-state index in [0.717, 1.165) is 6.07 Å². The molecule has 6 heteroatoms. The van der Waals surface area contributed by atoms with E-state index in [1.54, 1.807) is 0 Å². The first-order valence-electron chi connectivity index (χ1n) is 3.32. The topological polar surface area (TPSA) is 63.6 Å². The van der Waals surface area contributed by atoms with Crippen molar-refractivity contribution in [3.05, 3.63) is 29.6 Å². The minimum atomic E-state index is -4.58. The Hall–Kier alpha value is -1.14. The van der Waals surface area contributed by atoms with Crippen LogP contribution in [0.25, 0.3) is 0 Å². The fourth-order valence-corrected chi connectivity index (χ4v) is 1.20. The second-order valence-corrected chi connectivity index (χ2v) is 3.40. The van der Waals surface area contributed by atoms with Crippen LogP contribution in [0.1, 0.15) is 5.56 Å². The highest BCUT2D eigenvalue weighted by molar-refractivity contribution is 7.81. The molecule has 0 atom stereocenters. The first kappa shape index (κ1) is 9.94. The van der Waals surface area contributed by atoms with Crippen molar-refractivity contribution < 1.29 is 21.5 Å². The largest absolute Gasteiger partial charge is 0.446 e.